The van der Waals surface area contributed by atoms with E-state index in [1.807, 2.05) is 12.1 Å². The zero-order valence-corrected chi connectivity index (χ0v) is 12.9. The summed E-state index contributed by atoms with van der Waals surface area (Å²) >= 11 is 3.46. The first kappa shape index (κ1) is 14.8. The van der Waals surface area contributed by atoms with Crippen molar-refractivity contribution >= 4 is 21.9 Å². The smallest absolute Gasteiger partial charge is 0.373 e. The summed E-state index contributed by atoms with van der Waals surface area (Å²) in [6.07, 6.45) is 0. The largest absolute Gasteiger partial charge is 0.463 e. The number of halogens is 1. The van der Waals surface area contributed by atoms with Gasteiger partial charge in [-0.3, -0.25) is 0 Å². The van der Waals surface area contributed by atoms with Crippen LogP contribution in [0.3, 0.4) is 0 Å². The Hall–Kier alpha value is -1.59. The van der Waals surface area contributed by atoms with Crippen LogP contribution < -0.4 is 5.32 Å². The minimum absolute atomic E-state index is 0.180. The van der Waals surface area contributed by atoms with Crippen molar-refractivity contribution in [3.8, 4) is 0 Å². The maximum Gasteiger partial charge on any atom is 0.373 e. The number of furan rings is 1. The topological polar surface area (TPSA) is 51.5 Å². The van der Waals surface area contributed by atoms with Crippen molar-refractivity contribution < 1.29 is 13.9 Å². The number of benzene rings is 1. The Balaban J connectivity index is 1.95. The first-order valence-electron chi connectivity index (χ1n) is 6.26. The summed E-state index contributed by atoms with van der Waals surface area (Å²) in [6, 6.07) is 11.7. The molecule has 4 nitrogen and oxygen atoms in total. The van der Waals surface area contributed by atoms with Gasteiger partial charge in [0, 0.05) is 10.5 Å². The van der Waals surface area contributed by atoms with E-state index in [-0.39, 0.29) is 11.8 Å². The highest BCUT2D eigenvalue weighted by Crippen LogP contribution is 2.18. The van der Waals surface area contributed by atoms with E-state index in [0.29, 0.717) is 12.3 Å². The Kier molecular flexibility index (Phi) is 4.98. The Bertz CT molecular complexity index is 594. The molecule has 0 aliphatic heterocycles. The molecule has 5 heteroatoms. The van der Waals surface area contributed by atoms with E-state index in [1.165, 1.54) is 12.7 Å². The van der Waals surface area contributed by atoms with Gasteiger partial charge in [-0.2, -0.15) is 0 Å². The van der Waals surface area contributed by atoms with Crippen LogP contribution in [0.4, 0.5) is 0 Å². The highest BCUT2D eigenvalue weighted by atomic mass is 79.9. The lowest BCUT2D eigenvalue weighted by atomic mass is 10.1. The zero-order valence-electron chi connectivity index (χ0n) is 11.4. The molecule has 0 fully saturated rings. The quantitative estimate of drug-likeness (QED) is 0.845. The number of esters is 1. The molecule has 0 aliphatic rings. The van der Waals surface area contributed by atoms with Crippen molar-refractivity contribution in [3.05, 3.63) is 58.0 Å². The third-order valence-corrected chi connectivity index (χ3v) is 3.47. The minimum atomic E-state index is -0.462. The van der Waals surface area contributed by atoms with Crippen molar-refractivity contribution in [2.45, 2.75) is 19.5 Å². The third-order valence-electron chi connectivity index (χ3n) is 2.98. The number of rotatable bonds is 5. The monoisotopic (exact) mass is 337 g/mol. The minimum Gasteiger partial charge on any atom is -0.463 e. The molecule has 2 aromatic rings. The van der Waals surface area contributed by atoms with Crippen molar-refractivity contribution in [2.24, 2.45) is 0 Å². The van der Waals surface area contributed by atoms with E-state index in [0.717, 1.165) is 4.47 Å². The van der Waals surface area contributed by atoms with E-state index >= 15 is 0 Å². The highest BCUT2D eigenvalue weighted by molar-refractivity contribution is 9.10. The summed E-state index contributed by atoms with van der Waals surface area (Å²) in [6.45, 7) is 2.62. The lowest BCUT2D eigenvalue weighted by Crippen LogP contribution is -2.17. The van der Waals surface area contributed by atoms with Crippen molar-refractivity contribution in [3.63, 3.8) is 0 Å². The average Bonchev–Trinajstić information content (AvgIpc) is 2.92. The zero-order chi connectivity index (χ0) is 14.5. The predicted octanol–water partition coefficient (Wildman–Crippen LogP) is 3.68. The van der Waals surface area contributed by atoms with Crippen LogP contribution in [0.15, 0.2) is 45.3 Å². The number of hydrogen-bond donors (Lipinski definition) is 1. The van der Waals surface area contributed by atoms with E-state index in [2.05, 4.69) is 45.0 Å². The molecule has 1 atom stereocenters. The van der Waals surface area contributed by atoms with Crippen LogP contribution in [0, 0.1) is 0 Å². The second kappa shape index (κ2) is 6.72. The molecule has 0 saturated heterocycles. The van der Waals surface area contributed by atoms with Gasteiger partial charge in [-0.1, -0.05) is 28.1 Å². The molecule has 0 amide bonds. The Morgan fingerprint density at radius 3 is 2.90 bits per heavy atom. The molecule has 0 spiro atoms. The van der Waals surface area contributed by atoms with Crippen LogP contribution >= 0.6 is 15.9 Å². The fourth-order valence-electron chi connectivity index (χ4n) is 1.83. The molecule has 0 bridgehead atoms. The summed E-state index contributed by atoms with van der Waals surface area (Å²) in [7, 11) is 1.33. The van der Waals surface area contributed by atoms with Gasteiger partial charge in [0.1, 0.15) is 5.76 Å². The van der Waals surface area contributed by atoms with Crippen LogP contribution in [0.5, 0.6) is 0 Å². The van der Waals surface area contributed by atoms with Gasteiger partial charge in [-0.05, 0) is 36.8 Å². The summed E-state index contributed by atoms with van der Waals surface area (Å²) < 4.78 is 11.0. The van der Waals surface area contributed by atoms with Gasteiger partial charge in [0.05, 0.1) is 13.7 Å². The Morgan fingerprint density at radius 1 is 1.40 bits per heavy atom. The van der Waals surface area contributed by atoms with E-state index in [1.54, 1.807) is 12.1 Å². The molecular weight excluding hydrogens is 322 g/mol. The second-order valence-corrected chi connectivity index (χ2v) is 5.33. The fraction of sp³-hybridized carbons (Fsp3) is 0.267. The van der Waals surface area contributed by atoms with Gasteiger partial charge < -0.3 is 14.5 Å². The first-order chi connectivity index (χ1) is 9.60. The molecule has 106 valence electrons. The predicted molar refractivity (Wildman–Crippen MR) is 79.4 cm³/mol. The van der Waals surface area contributed by atoms with Gasteiger partial charge >= 0.3 is 5.97 Å². The highest BCUT2D eigenvalue weighted by Gasteiger charge is 2.12. The number of carbonyl (C=O) groups excluding carboxylic acids is 1. The molecule has 0 saturated carbocycles. The summed E-state index contributed by atoms with van der Waals surface area (Å²) in [5.41, 5.74) is 1.18. The van der Waals surface area contributed by atoms with E-state index in [4.69, 9.17) is 4.42 Å². The maximum atomic E-state index is 11.3. The number of ether oxygens (including phenoxy) is 1. The summed E-state index contributed by atoms with van der Waals surface area (Å²) in [5, 5.41) is 3.35. The van der Waals surface area contributed by atoms with Crippen LogP contribution in [0.1, 0.15) is 34.8 Å². The van der Waals surface area contributed by atoms with Gasteiger partial charge in [0.25, 0.3) is 0 Å². The molecule has 20 heavy (non-hydrogen) atoms. The van der Waals surface area contributed by atoms with E-state index in [9.17, 15) is 4.79 Å². The lowest BCUT2D eigenvalue weighted by Gasteiger charge is -2.13. The van der Waals surface area contributed by atoms with Crippen LogP contribution in [-0.2, 0) is 11.3 Å². The molecule has 1 N–H and O–H groups in total. The molecule has 1 aromatic heterocycles. The molecular formula is C15H16BrNO3. The number of carbonyl (C=O) groups is 1. The van der Waals surface area contributed by atoms with Crippen molar-refractivity contribution in [1.82, 2.24) is 5.32 Å². The molecule has 0 aliphatic carbocycles. The number of hydrogen-bond acceptors (Lipinski definition) is 4. The van der Waals surface area contributed by atoms with Gasteiger partial charge in [0.2, 0.25) is 5.76 Å². The molecule has 1 heterocycles. The first-order valence-corrected chi connectivity index (χ1v) is 7.05. The van der Waals surface area contributed by atoms with Crippen molar-refractivity contribution in [1.29, 1.82) is 0 Å². The van der Waals surface area contributed by atoms with Gasteiger partial charge in [0.15, 0.2) is 0 Å². The lowest BCUT2D eigenvalue weighted by molar-refractivity contribution is 0.0563. The second-order valence-electron chi connectivity index (χ2n) is 4.42. The van der Waals surface area contributed by atoms with Gasteiger partial charge in [-0.15, -0.1) is 0 Å². The summed E-state index contributed by atoms with van der Waals surface area (Å²) in [4.78, 5) is 11.3. The Morgan fingerprint density at radius 2 is 2.20 bits per heavy atom. The normalized spacial score (nSPS) is 12.2. The summed E-state index contributed by atoms with van der Waals surface area (Å²) in [5.74, 6) is 0.461. The molecule has 1 aromatic carbocycles. The van der Waals surface area contributed by atoms with Crippen LogP contribution in [-0.4, -0.2) is 13.1 Å². The number of nitrogens with one attached hydrogen (secondary N) is 1. The fourth-order valence-corrected chi connectivity index (χ4v) is 2.25. The third kappa shape index (κ3) is 3.71. The molecule has 2 rings (SSSR count). The number of methoxy groups -OCH3 is 1. The van der Waals surface area contributed by atoms with Crippen molar-refractivity contribution in [2.75, 3.05) is 7.11 Å². The average molecular weight is 338 g/mol. The molecule has 0 radical (unpaired) electrons. The van der Waals surface area contributed by atoms with Crippen LogP contribution in [0.2, 0.25) is 0 Å². The van der Waals surface area contributed by atoms with Crippen LogP contribution in [0.25, 0.3) is 0 Å². The Labute approximate surface area is 126 Å². The standard InChI is InChI=1S/C15H16BrNO3/c1-10(11-4-3-5-12(16)8-11)17-9-13-6-7-14(20-13)15(18)19-2/h3-8,10,17H,9H2,1-2H3. The van der Waals surface area contributed by atoms with Gasteiger partial charge in [-0.25, -0.2) is 4.79 Å². The SMILES string of the molecule is COC(=O)c1ccc(CNC(C)c2cccc(Br)c2)o1. The van der Waals surface area contributed by atoms with E-state index < -0.39 is 5.97 Å². The maximum absolute atomic E-state index is 11.3. The molecule has 1 unspecified atom stereocenters.